The number of hydrogen-bond acceptors (Lipinski definition) is 3. The Hall–Kier alpha value is -0.900. The largest absolute Gasteiger partial charge is 0.309 e. The summed E-state index contributed by atoms with van der Waals surface area (Å²) < 4.78 is 1.91. The summed E-state index contributed by atoms with van der Waals surface area (Å²) in [6.45, 7) is 3.29. The molecule has 1 aliphatic rings. The third-order valence-corrected chi connectivity index (χ3v) is 4.04. The quantitative estimate of drug-likeness (QED) is 0.844. The van der Waals surface area contributed by atoms with Crippen molar-refractivity contribution in [2.24, 2.45) is 13.0 Å². The number of aromatic nitrogens is 3. The summed E-state index contributed by atoms with van der Waals surface area (Å²) in [6.07, 6.45) is 11.4. The van der Waals surface area contributed by atoms with Crippen molar-refractivity contribution in [1.29, 1.82) is 0 Å². The van der Waals surface area contributed by atoms with E-state index in [1.54, 1.807) is 0 Å². The minimum absolute atomic E-state index is 0.424. The molecule has 18 heavy (non-hydrogen) atoms. The summed E-state index contributed by atoms with van der Waals surface area (Å²) >= 11 is 0. The number of rotatable bonds is 6. The first-order chi connectivity index (χ1) is 8.81. The van der Waals surface area contributed by atoms with E-state index in [9.17, 15) is 0 Å². The lowest BCUT2D eigenvalue weighted by Gasteiger charge is -2.27. The molecule has 2 rings (SSSR count). The van der Waals surface area contributed by atoms with Crippen LogP contribution in [0.15, 0.2) is 6.20 Å². The molecule has 0 bridgehead atoms. The smallest absolute Gasteiger partial charge is 0.0753 e. The van der Waals surface area contributed by atoms with Crippen LogP contribution >= 0.6 is 0 Å². The average molecular weight is 250 g/mol. The first-order valence-electron chi connectivity index (χ1n) is 7.39. The zero-order valence-corrected chi connectivity index (χ0v) is 11.7. The van der Waals surface area contributed by atoms with E-state index in [0.29, 0.717) is 6.04 Å². The maximum atomic E-state index is 4.07. The minimum Gasteiger partial charge on any atom is -0.309 e. The fourth-order valence-electron chi connectivity index (χ4n) is 3.00. The molecule has 4 heteroatoms. The van der Waals surface area contributed by atoms with E-state index in [4.69, 9.17) is 0 Å². The molecule has 0 aromatic carbocycles. The Bertz CT molecular complexity index is 341. The van der Waals surface area contributed by atoms with Crippen LogP contribution < -0.4 is 5.32 Å². The van der Waals surface area contributed by atoms with Gasteiger partial charge in [0.25, 0.3) is 0 Å². The van der Waals surface area contributed by atoms with Gasteiger partial charge in [0.1, 0.15) is 0 Å². The molecule has 1 N–H and O–H groups in total. The lowest BCUT2D eigenvalue weighted by atomic mass is 9.84. The highest BCUT2D eigenvalue weighted by Gasteiger charge is 2.21. The summed E-state index contributed by atoms with van der Waals surface area (Å²) in [4.78, 5) is 0. The predicted molar refractivity (Wildman–Crippen MR) is 73.2 cm³/mol. The van der Waals surface area contributed by atoms with Gasteiger partial charge in [-0.25, -0.2) is 0 Å². The van der Waals surface area contributed by atoms with Crippen LogP contribution in [0.1, 0.15) is 63.6 Å². The van der Waals surface area contributed by atoms with Crippen molar-refractivity contribution in [3.63, 3.8) is 0 Å². The van der Waals surface area contributed by atoms with Crippen molar-refractivity contribution in [1.82, 2.24) is 20.3 Å². The molecule has 1 saturated carbocycles. The van der Waals surface area contributed by atoms with Gasteiger partial charge in [0, 0.05) is 7.05 Å². The maximum absolute atomic E-state index is 4.07. The summed E-state index contributed by atoms with van der Waals surface area (Å²) in [5.74, 6) is 0.878. The number of nitrogens with one attached hydrogen (secondary N) is 1. The standard InChI is InChI=1S/C14H26N4/c1-3-9-15-13(14-11-16-17-18(14)2)10-12-7-5-4-6-8-12/h11-13,15H,3-10H2,1-2H3. The van der Waals surface area contributed by atoms with Crippen LogP contribution in [0.25, 0.3) is 0 Å². The molecule has 1 atom stereocenters. The molecule has 1 aromatic heterocycles. The van der Waals surface area contributed by atoms with Crippen LogP contribution in [0.4, 0.5) is 0 Å². The van der Waals surface area contributed by atoms with Crippen molar-refractivity contribution in [3.8, 4) is 0 Å². The highest BCUT2D eigenvalue weighted by molar-refractivity contribution is 5.02. The zero-order chi connectivity index (χ0) is 12.8. The Morgan fingerprint density at radius 2 is 2.17 bits per heavy atom. The number of hydrogen-bond donors (Lipinski definition) is 1. The van der Waals surface area contributed by atoms with Crippen LogP contribution in [0.2, 0.25) is 0 Å². The Labute approximate surface area is 110 Å². The molecule has 1 aliphatic carbocycles. The lowest BCUT2D eigenvalue weighted by molar-refractivity contribution is 0.294. The van der Waals surface area contributed by atoms with Crippen LogP contribution in [0.3, 0.4) is 0 Å². The van der Waals surface area contributed by atoms with Gasteiger partial charge < -0.3 is 5.32 Å². The van der Waals surface area contributed by atoms with Crippen LogP contribution in [-0.4, -0.2) is 21.5 Å². The first kappa shape index (κ1) is 13.5. The number of aryl methyl sites for hydroxylation is 1. The van der Waals surface area contributed by atoms with E-state index in [0.717, 1.165) is 12.5 Å². The Morgan fingerprint density at radius 3 is 2.78 bits per heavy atom. The first-order valence-corrected chi connectivity index (χ1v) is 7.39. The molecular weight excluding hydrogens is 224 g/mol. The third-order valence-electron chi connectivity index (χ3n) is 4.04. The topological polar surface area (TPSA) is 42.7 Å². The molecule has 1 fully saturated rings. The molecule has 1 aromatic rings. The molecule has 4 nitrogen and oxygen atoms in total. The lowest BCUT2D eigenvalue weighted by Crippen LogP contribution is -2.27. The van der Waals surface area contributed by atoms with E-state index in [2.05, 4.69) is 22.6 Å². The third kappa shape index (κ3) is 3.55. The molecule has 102 valence electrons. The average Bonchev–Trinajstić information content (AvgIpc) is 2.82. The zero-order valence-electron chi connectivity index (χ0n) is 11.7. The van der Waals surface area contributed by atoms with Gasteiger partial charge in [-0.2, -0.15) is 0 Å². The van der Waals surface area contributed by atoms with Crippen LogP contribution in [-0.2, 0) is 7.05 Å². The Kier molecular flexibility index (Phi) is 5.17. The van der Waals surface area contributed by atoms with E-state index in [-0.39, 0.29) is 0 Å². The fourth-order valence-corrected chi connectivity index (χ4v) is 3.00. The summed E-state index contributed by atoms with van der Waals surface area (Å²) in [7, 11) is 1.99. The molecule has 0 saturated heterocycles. The monoisotopic (exact) mass is 250 g/mol. The van der Waals surface area contributed by atoms with Gasteiger partial charge >= 0.3 is 0 Å². The fraction of sp³-hybridized carbons (Fsp3) is 0.857. The molecule has 1 heterocycles. The Morgan fingerprint density at radius 1 is 1.39 bits per heavy atom. The van der Waals surface area contributed by atoms with E-state index < -0.39 is 0 Å². The van der Waals surface area contributed by atoms with Crippen molar-refractivity contribution in [3.05, 3.63) is 11.9 Å². The van der Waals surface area contributed by atoms with Gasteiger partial charge in [0.2, 0.25) is 0 Å². The van der Waals surface area contributed by atoms with E-state index in [1.165, 1.54) is 50.6 Å². The van der Waals surface area contributed by atoms with Gasteiger partial charge in [0.15, 0.2) is 0 Å². The molecule has 0 amide bonds. The normalized spacial score (nSPS) is 19.0. The number of nitrogens with zero attached hydrogens (tertiary/aromatic N) is 3. The van der Waals surface area contributed by atoms with Gasteiger partial charge in [0.05, 0.1) is 17.9 Å². The summed E-state index contributed by atoms with van der Waals surface area (Å²) in [5, 5.41) is 11.7. The van der Waals surface area contributed by atoms with E-state index >= 15 is 0 Å². The van der Waals surface area contributed by atoms with E-state index in [1.807, 2.05) is 17.9 Å². The van der Waals surface area contributed by atoms with Crippen molar-refractivity contribution in [2.45, 2.75) is 57.9 Å². The van der Waals surface area contributed by atoms with Gasteiger partial charge in [-0.1, -0.05) is 44.2 Å². The molecule has 0 aliphatic heterocycles. The maximum Gasteiger partial charge on any atom is 0.0753 e. The Balaban J connectivity index is 1.98. The van der Waals surface area contributed by atoms with Crippen molar-refractivity contribution < 1.29 is 0 Å². The van der Waals surface area contributed by atoms with Gasteiger partial charge in [-0.05, 0) is 25.3 Å². The minimum atomic E-state index is 0.424. The summed E-state index contributed by atoms with van der Waals surface area (Å²) in [6, 6.07) is 0.424. The van der Waals surface area contributed by atoms with Crippen molar-refractivity contribution >= 4 is 0 Å². The van der Waals surface area contributed by atoms with Gasteiger partial charge in [-0.3, -0.25) is 4.68 Å². The molecule has 0 spiro atoms. The molecule has 1 unspecified atom stereocenters. The SMILES string of the molecule is CCCNC(CC1CCCCC1)c1cnnn1C. The highest BCUT2D eigenvalue weighted by Crippen LogP contribution is 2.31. The molecular formula is C14H26N4. The van der Waals surface area contributed by atoms with Crippen LogP contribution in [0, 0.1) is 5.92 Å². The second-order valence-electron chi connectivity index (χ2n) is 5.53. The second kappa shape index (κ2) is 6.88. The summed E-state index contributed by atoms with van der Waals surface area (Å²) in [5.41, 5.74) is 1.23. The highest BCUT2D eigenvalue weighted by atomic mass is 15.4. The second-order valence-corrected chi connectivity index (χ2v) is 5.53. The predicted octanol–water partition coefficient (Wildman–Crippen LogP) is 2.83. The van der Waals surface area contributed by atoms with Gasteiger partial charge in [-0.15, -0.1) is 5.10 Å². The molecule has 0 radical (unpaired) electrons. The van der Waals surface area contributed by atoms with Crippen LogP contribution in [0.5, 0.6) is 0 Å². The van der Waals surface area contributed by atoms with Crippen molar-refractivity contribution in [2.75, 3.05) is 6.54 Å².